The number of aromatic nitrogens is 2. The van der Waals surface area contributed by atoms with Crippen LogP contribution in [-0.2, 0) is 16.1 Å². The number of nitrogens with zero attached hydrogens (tertiary/aromatic N) is 2. The largest absolute Gasteiger partial charge is 0.461 e. The van der Waals surface area contributed by atoms with Gasteiger partial charge in [-0.15, -0.1) is 0 Å². The molecule has 0 saturated heterocycles. The lowest BCUT2D eigenvalue weighted by atomic mass is 10.3. The van der Waals surface area contributed by atoms with Gasteiger partial charge < -0.3 is 9.30 Å². The second-order valence-electron chi connectivity index (χ2n) is 5.73. The summed E-state index contributed by atoms with van der Waals surface area (Å²) < 4.78 is 7.41. The summed E-state index contributed by atoms with van der Waals surface area (Å²) in [7, 11) is 0. The van der Waals surface area contributed by atoms with E-state index in [0.717, 1.165) is 28.4 Å². The van der Waals surface area contributed by atoms with Crippen LogP contribution in [0.15, 0.2) is 29.4 Å². The molecule has 0 spiro atoms. The van der Waals surface area contributed by atoms with Crippen molar-refractivity contribution in [2.75, 3.05) is 5.75 Å². The third-order valence-corrected chi connectivity index (χ3v) is 4.86. The summed E-state index contributed by atoms with van der Waals surface area (Å²) in [6.07, 6.45) is 4.39. The molecule has 0 radical (unpaired) electrons. The van der Waals surface area contributed by atoms with Crippen LogP contribution in [0.1, 0.15) is 46.5 Å². The number of ether oxygens (including phenoxy) is 1. The van der Waals surface area contributed by atoms with E-state index in [2.05, 4.69) is 11.9 Å². The minimum atomic E-state index is -0.196. The smallest absolute Gasteiger partial charge is 0.326 e. The lowest BCUT2D eigenvalue weighted by Crippen LogP contribution is -2.19. The molecule has 126 valence electrons. The molecule has 1 atom stereocenters. The first-order chi connectivity index (χ1) is 11.2. The van der Waals surface area contributed by atoms with Gasteiger partial charge in [-0.05, 0) is 31.9 Å². The monoisotopic (exact) mass is 334 g/mol. The van der Waals surface area contributed by atoms with E-state index in [9.17, 15) is 4.79 Å². The Hall–Kier alpha value is -1.49. The normalized spacial score (nSPS) is 12.5. The first-order valence-corrected chi connectivity index (χ1v) is 9.41. The number of benzene rings is 1. The highest BCUT2D eigenvalue weighted by Gasteiger charge is 2.16. The van der Waals surface area contributed by atoms with Crippen molar-refractivity contribution in [3.63, 3.8) is 0 Å². The SMILES string of the molecule is CCCCCSc1nc2ccccc2n1CC(=O)OC(C)CC. The molecule has 1 heterocycles. The number of rotatable bonds is 9. The number of carbonyl (C=O) groups excluding carboxylic acids is 1. The molecule has 0 fully saturated rings. The summed E-state index contributed by atoms with van der Waals surface area (Å²) in [5.74, 6) is 0.829. The van der Waals surface area contributed by atoms with E-state index in [4.69, 9.17) is 4.74 Å². The molecule has 0 aliphatic rings. The average Bonchev–Trinajstić information content (AvgIpc) is 2.89. The summed E-state index contributed by atoms with van der Waals surface area (Å²) in [4.78, 5) is 16.9. The molecule has 1 aromatic heterocycles. The highest BCUT2D eigenvalue weighted by atomic mass is 32.2. The molecule has 0 bridgehead atoms. The molecule has 1 aromatic carbocycles. The van der Waals surface area contributed by atoms with Crippen LogP contribution in [0, 0.1) is 0 Å². The van der Waals surface area contributed by atoms with Gasteiger partial charge >= 0.3 is 5.97 Å². The maximum atomic E-state index is 12.2. The zero-order valence-electron chi connectivity index (χ0n) is 14.2. The maximum Gasteiger partial charge on any atom is 0.326 e. The number of hydrogen-bond acceptors (Lipinski definition) is 4. The van der Waals surface area contributed by atoms with Crippen LogP contribution >= 0.6 is 11.8 Å². The first kappa shape index (κ1) is 17.9. The summed E-state index contributed by atoms with van der Waals surface area (Å²) >= 11 is 1.72. The summed E-state index contributed by atoms with van der Waals surface area (Å²) in [5.41, 5.74) is 1.92. The van der Waals surface area contributed by atoms with Gasteiger partial charge in [0, 0.05) is 5.75 Å². The Morgan fingerprint density at radius 3 is 2.83 bits per heavy atom. The molecule has 4 nitrogen and oxygen atoms in total. The Labute approximate surface area is 142 Å². The number of fused-ring (bicyclic) bond motifs is 1. The van der Waals surface area contributed by atoms with Crippen molar-refractivity contribution < 1.29 is 9.53 Å². The Morgan fingerprint density at radius 2 is 2.09 bits per heavy atom. The van der Waals surface area contributed by atoms with Gasteiger partial charge in [0.15, 0.2) is 5.16 Å². The van der Waals surface area contributed by atoms with E-state index < -0.39 is 0 Å². The summed E-state index contributed by atoms with van der Waals surface area (Å²) in [6, 6.07) is 7.95. The fourth-order valence-corrected chi connectivity index (χ4v) is 3.32. The number of thioether (sulfide) groups is 1. The Balaban J connectivity index is 2.15. The molecule has 0 N–H and O–H groups in total. The molecule has 23 heavy (non-hydrogen) atoms. The van der Waals surface area contributed by atoms with Crippen molar-refractivity contribution in [2.45, 2.75) is 64.3 Å². The Bertz CT molecular complexity index is 639. The van der Waals surface area contributed by atoms with Gasteiger partial charge in [-0.25, -0.2) is 4.98 Å². The van der Waals surface area contributed by atoms with Crippen molar-refractivity contribution in [1.82, 2.24) is 9.55 Å². The minimum absolute atomic E-state index is 0.0436. The van der Waals surface area contributed by atoms with Gasteiger partial charge in [0.25, 0.3) is 0 Å². The van der Waals surface area contributed by atoms with E-state index in [1.165, 1.54) is 19.3 Å². The Kier molecular flexibility index (Phi) is 6.96. The molecule has 5 heteroatoms. The molecule has 0 amide bonds. The van der Waals surface area contributed by atoms with E-state index in [1.54, 1.807) is 11.8 Å². The highest BCUT2D eigenvalue weighted by molar-refractivity contribution is 7.99. The fraction of sp³-hybridized carbons (Fsp3) is 0.556. The Morgan fingerprint density at radius 1 is 1.30 bits per heavy atom. The predicted octanol–water partition coefficient (Wildman–Crippen LogP) is 4.66. The molecular formula is C18H26N2O2S. The van der Waals surface area contributed by atoms with E-state index >= 15 is 0 Å². The van der Waals surface area contributed by atoms with Gasteiger partial charge in [-0.3, -0.25) is 4.79 Å². The molecular weight excluding hydrogens is 308 g/mol. The van der Waals surface area contributed by atoms with Gasteiger partial charge in [0.2, 0.25) is 0 Å². The third kappa shape index (κ3) is 4.99. The lowest BCUT2D eigenvalue weighted by Gasteiger charge is -2.13. The van der Waals surface area contributed by atoms with Crippen molar-refractivity contribution in [3.05, 3.63) is 24.3 Å². The van der Waals surface area contributed by atoms with Gasteiger partial charge in [0.05, 0.1) is 17.1 Å². The number of hydrogen-bond donors (Lipinski definition) is 0. The minimum Gasteiger partial charge on any atom is -0.461 e. The quantitative estimate of drug-likeness (QED) is 0.380. The van der Waals surface area contributed by atoms with E-state index in [-0.39, 0.29) is 18.6 Å². The predicted molar refractivity (Wildman–Crippen MR) is 95.8 cm³/mol. The van der Waals surface area contributed by atoms with E-state index in [0.29, 0.717) is 0 Å². The van der Waals surface area contributed by atoms with Crippen LogP contribution in [0.2, 0.25) is 0 Å². The fourth-order valence-electron chi connectivity index (χ4n) is 2.31. The zero-order chi connectivity index (χ0) is 16.7. The van der Waals surface area contributed by atoms with E-state index in [1.807, 2.05) is 42.7 Å². The number of esters is 1. The molecule has 0 saturated carbocycles. The lowest BCUT2D eigenvalue weighted by molar-refractivity contribution is -0.149. The van der Waals surface area contributed by atoms with Crippen LogP contribution in [0.5, 0.6) is 0 Å². The van der Waals surface area contributed by atoms with Crippen LogP contribution in [-0.4, -0.2) is 27.4 Å². The molecule has 2 aromatic rings. The van der Waals surface area contributed by atoms with Crippen molar-refractivity contribution in [3.8, 4) is 0 Å². The topological polar surface area (TPSA) is 44.1 Å². The van der Waals surface area contributed by atoms with Gasteiger partial charge in [-0.2, -0.15) is 0 Å². The second kappa shape index (κ2) is 8.96. The average molecular weight is 334 g/mol. The molecule has 0 aliphatic carbocycles. The van der Waals surface area contributed by atoms with Crippen molar-refractivity contribution >= 4 is 28.8 Å². The number of unbranched alkanes of at least 4 members (excludes halogenated alkanes) is 2. The molecule has 1 unspecified atom stereocenters. The second-order valence-corrected chi connectivity index (χ2v) is 6.80. The van der Waals surface area contributed by atoms with Gasteiger partial charge in [-0.1, -0.05) is 50.6 Å². The standard InChI is InChI=1S/C18H26N2O2S/c1-4-6-9-12-23-18-19-15-10-7-8-11-16(15)20(18)13-17(21)22-14(3)5-2/h7-8,10-11,14H,4-6,9,12-13H2,1-3H3. The molecule has 2 rings (SSSR count). The number of carbonyl (C=O) groups is 1. The third-order valence-electron chi connectivity index (χ3n) is 3.79. The van der Waals surface area contributed by atoms with Gasteiger partial charge in [0.1, 0.15) is 6.54 Å². The van der Waals surface area contributed by atoms with Crippen molar-refractivity contribution in [2.24, 2.45) is 0 Å². The molecule has 0 aliphatic heterocycles. The van der Waals surface area contributed by atoms with Crippen LogP contribution in [0.4, 0.5) is 0 Å². The summed E-state index contributed by atoms with van der Waals surface area (Å²) in [5, 5.41) is 0.906. The van der Waals surface area contributed by atoms with Crippen LogP contribution < -0.4 is 0 Å². The first-order valence-electron chi connectivity index (χ1n) is 8.43. The van der Waals surface area contributed by atoms with Crippen molar-refractivity contribution in [1.29, 1.82) is 0 Å². The van der Waals surface area contributed by atoms with Crippen LogP contribution in [0.25, 0.3) is 11.0 Å². The highest BCUT2D eigenvalue weighted by Crippen LogP contribution is 2.25. The number of imidazole rings is 1. The maximum absolute atomic E-state index is 12.2. The zero-order valence-corrected chi connectivity index (χ0v) is 15.1. The number of para-hydroxylation sites is 2. The van der Waals surface area contributed by atoms with Crippen LogP contribution in [0.3, 0.4) is 0 Å². The summed E-state index contributed by atoms with van der Waals surface area (Å²) in [6.45, 7) is 6.36.